The Labute approximate surface area is 259 Å². The van der Waals surface area contributed by atoms with Crippen molar-refractivity contribution in [1.82, 2.24) is 14.8 Å². The van der Waals surface area contributed by atoms with Crippen LogP contribution in [0.5, 0.6) is 5.75 Å². The van der Waals surface area contributed by atoms with Crippen LogP contribution in [0.25, 0.3) is 17.1 Å². The molecule has 0 bridgehead atoms. The fraction of sp³-hybridized carbons (Fsp3) is 0.258. The molecule has 9 nitrogen and oxygen atoms in total. The molecule has 1 unspecified atom stereocenters. The average molecular weight is 642 g/mol. The van der Waals surface area contributed by atoms with E-state index >= 15 is 0 Å². The molecular formula is C31H27F4N5O4S. The van der Waals surface area contributed by atoms with Crippen molar-refractivity contribution in [1.29, 1.82) is 0 Å². The van der Waals surface area contributed by atoms with Crippen LogP contribution in [0.3, 0.4) is 0 Å². The van der Waals surface area contributed by atoms with E-state index in [1.165, 1.54) is 40.2 Å². The topological polar surface area (TPSA) is 98.9 Å². The van der Waals surface area contributed by atoms with Crippen molar-refractivity contribution in [2.45, 2.75) is 39.2 Å². The van der Waals surface area contributed by atoms with Crippen LogP contribution in [0.4, 0.5) is 28.0 Å². The molecule has 4 aromatic rings. The number of anilines is 1. The van der Waals surface area contributed by atoms with Crippen LogP contribution in [0.2, 0.25) is 0 Å². The summed E-state index contributed by atoms with van der Waals surface area (Å²) < 4.78 is 62.5. The molecule has 0 aliphatic carbocycles. The molecule has 1 fully saturated rings. The lowest BCUT2D eigenvalue weighted by Crippen LogP contribution is -2.31. The zero-order chi connectivity index (χ0) is 32.3. The van der Waals surface area contributed by atoms with Crippen molar-refractivity contribution in [3.05, 3.63) is 89.7 Å². The highest BCUT2D eigenvalue weighted by molar-refractivity contribution is 8.15. The Morgan fingerprint density at radius 3 is 2.44 bits per heavy atom. The van der Waals surface area contributed by atoms with Gasteiger partial charge in [0.05, 0.1) is 17.1 Å². The van der Waals surface area contributed by atoms with E-state index in [9.17, 15) is 27.2 Å². The number of hydrogen-bond donors (Lipinski definition) is 0. The number of carbonyl (C=O) groups excluding carboxylic acids is 2. The van der Waals surface area contributed by atoms with Gasteiger partial charge < -0.3 is 9.47 Å². The number of alkyl halides is 4. The molecule has 1 saturated heterocycles. The third-order valence-electron chi connectivity index (χ3n) is 6.71. The highest BCUT2D eigenvalue weighted by atomic mass is 32.2. The molecule has 45 heavy (non-hydrogen) atoms. The van der Waals surface area contributed by atoms with Crippen molar-refractivity contribution < 1.29 is 36.6 Å². The largest absolute Gasteiger partial charge is 0.573 e. The molecule has 0 radical (unpaired) electrons. The molecule has 14 heteroatoms. The van der Waals surface area contributed by atoms with Gasteiger partial charge >= 0.3 is 12.5 Å². The summed E-state index contributed by atoms with van der Waals surface area (Å²) in [4.78, 5) is 34.8. The van der Waals surface area contributed by atoms with Gasteiger partial charge in [-0.25, -0.2) is 18.9 Å². The van der Waals surface area contributed by atoms with Gasteiger partial charge in [0.2, 0.25) is 5.91 Å². The highest BCUT2D eigenvalue weighted by Gasteiger charge is 2.33. The van der Waals surface area contributed by atoms with Crippen LogP contribution in [-0.4, -0.2) is 50.7 Å². The number of aliphatic imine (C=N–C) groups is 1. The number of nitrogens with zero attached hydrogens (tertiary/aromatic N) is 5. The predicted octanol–water partition coefficient (Wildman–Crippen LogP) is 7.55. The number of amidine groups is 1. The van der Waals surface area contributed by atoms with E-state index in [-0.39, 0.29) is 34.1 Å². The lowest BCUT2D eigenvalue weighted by Gasteiger charge is -2.22. The minimum Gasteiger partial charge on any atom is -0.444 e. The van der Waals surface area contributed by atoms with E-state index in [2.05, 4.69) is 19.8 Å². The number of aryl methyl sites for hydroxylation is 1. The van der Waals surface area contributed by atoms with Crippen molar-refractivity contribution in [2.24, 2.45) is 4.99 Å². The van der Waals surface area contributed by atoms with Gasteiger partial charge in [-0.05, 0) is 59.9 Å². The maximum atomic E-state index is 15.0. The number of carbonyl (C=O) groups is 2. The summed E-state index contributed by atoms with van der Waals surface area (Å²) >= 11 is 1.11. The summed E-state index contributed by atoms with van der Waals surface area (Å²) in [7, 11) is 0. The van der Waals surface area contributed by atoms with Gasteiger partial charge in [0.25, 0.3) is 0 Å². The Balaban J connectivity index is 1.20. The molecule has 1 aliphatic heterocycles. The van der Waals surface area contributed by atoms with Gasteiger partial charge in [-0.3, -0.25) is 9.69 Å². The molecule has 0 N–H and O–H groups in total. The molecule has 234 valence electrons. The first kappa shape index (κ1) is 31.7. The Hall–Kier alpha value is -4.72. The first-order chi connectivity index (χ1) is 21.4. The van der Waals surface area contributed by atoms with Crippen LogP contribution in [0.15, 0.2) is 78.0 Å². The van der Waals surface area contributed by atoms with Crippen LogP contribution < -0.4 is 9.64 Å². The number of ether oxygens (including phenoxy) is 2. The molecule has 2 amide bonds. The van der Waals surface area contributed by atoms with Crippen molar-refractivity contribution in [3.63, 3.8) is 0 Å². The number of halogens is 4. The van der Waals surface area contributed by atoms with Gasteiger partial charge in [-0.15, -0.1) is 18.3 Å². The normalized spacial score (nSPS) is 15.2. The lowest BCUT2D eigenvalue weighted by atomic mass is 9.99. The number of aromatic nitrogens is 3. The summed E-state index contributed by atoms with van der Waals surface area (Å²) in [6, 6.07) is 17.1. The van der Waals surface area contributed by atoms with E-state index in [0.717, 1.165) is 35.0 Å². The number of thioether (sulfide) groups is 1. The molecule has 5 rings (SSSR count). The van der Waals surface area contributed by atoms with E-state index in [0.29, 0.717) is 22.8 Å². The predicted molar refractivity (Wildman–Crippen MR) is 161 cm³/mol. The van der Waals surface area contributed by atoms with Crippen LogP contribution in [-0.2, 0) is 9.53 Å². The average Bonchev–Trinajstić information content (AvgIpc) is 3.62. The smallest absolute Gasteiger partial charge is 0.444 e. The second-order valence-electron chi connectivity index (χ2n) is 10.4. The Kier molecular flexibility index (Phi) is 9.23. The Morgan fingerprint density at radius 1 is 1.07 bits per heavy atom. The summed E-state index contributed by atoms with van der Waals surface area (Å²) in [5, 5.41) is 4.50. The molecule has 0 spiro atoms. The minimum atomic E-state index is -4.79. The monoisotopic (exact) mass is 641 g/mol. The molecule has 3 aromatic carbocycles. The first-order valence-corrected chi connectivity index (χ1v) is 14.7. The highest BCUT2D eigenvalue weighted by Crippen LogP contribution is 2.34. The summed E-state index contributed by atoms with van der Waals surface area (Å²) in [5.74, 6) is -0.0307. The zero-order valence-electron chi connectivity index (χ0n) is 24.3. The maximum Gasteiger partial charge on any atom is 0.573 e. The Bertz CT molecular complexity index is 1720. The fourth-order valence-corrected chi connectivity index (χ4v) is 5.38. The minimum absolute atomic E-state index is 0.117. The second-order valence-corrected chi connectivity index (χ2v) is 11.3. The van der Waals surface area contributed by atoms with Gasteiger partial charge in [0, 0.05) is 5.56 Å². The summed E-state index contributed by atoms with van der Waals surface area (Å²) in [6.07, 6.45) is -6.06. The van der Waals surface area contributed by atoms with Gasteiger partial charge in [-0.2, -0.15) is 4.99 Å². The number of amides is 2. The van der Waals surface area contributed by atoms with Crippen molar-refractivity contribution in [3.8, 4) is 22.8 Å². The van der Waals surface area contributed by atoms with E-state index in [1.807, 2.05) is 39.0 Å². The summed E-state index contributed by atoms with van der Waals surface area (Å²) in [5.41, 5.74) is 3.79. The first-order valence-electron chi connectivity index (χ1n) is 13.7. The van der Waals surface area contributed by atoms with Crippen molar-refractivity contribution in [2.75, 3.05) is 17.3 Å². The fourth-order valence-electron chi connectivity index (χ4n) is 4.53. The number of hydrogen-bond acceptors (Lipinski definition) is 7. The summed E-state index contributed by atoms with van der Waals surface area (Å²) in [6.45, 7) is 5.34. The third-order valence-corrected chi connectivity index (χ3v) is 7.63. The third kappa shape index (κ3) is 7.69. The molecule has 0 saturated carbocycles. The zero-order valence-corrected chi connectivity index (χ0v) is 25.1. The maximum absolute atomic E-state index is 15.0. The molecule has 1 atom stereocenters. The van der Waals surface area contributed by atoms with Crippen LogP contribution in [0, 0.1) is 6.92 Å². The van der Waals surface area contributed by atoms with Crippen molar-refractivity contribution >= 4 is 34.6 Å². The molecule has 1 aliphatic rings. The number of rotatable bonds is 8. The van der Waals surface area contributed by atoms with E-state index in [4.69, 9.17) is 4.74 Å². The molecule has 2 heterocycles. The van der Waals surface area contributed by atoms with Crippen LogP contribution >= 0.6 is 11.8 Å². The van der Waals surface area contributed by atoms with Gasteiger partial charge in [-0.1, -0.05) is 62.0 Å². The lowest BCUT2D eigenvalue weighted by molar-refractivity contribution is -0.274. The molecule has 1 aromatic heterocycles. The Morgan fingerprint density at radius 2 is 1.78 bits per heavy atom. The van der Waals surface area contributed by atoms with E-state index in [1.54, 1.807) is 12.1 Å². The SMILES string of the molecule is Cc1ccc(C(C)C)c(N2C(=O)CSC2=NC(=O)OCC(F)c2ccc(-c3ncn(-c4ccc(OC(F)(F)F)cc4)n3)cc2)c1. The second kappa shape index (κ2) is 13.1. The standard InChI is InChI=1S/C31H27F4N5O4S/c1-18(2)24-13-4-19(3)14-26(24)40-27(41)16-45-29(40)37-30(42)43-15-25(32)20-5-7-21(8-6-20)28-36-17-39(38-28)22-9-11-23(12-10-22)44-31(33,34)35/h4-14,17-18,25H,15-16H2,1-3H3. The van der Waals surface area contributed by atoms with Crippen LogP contribution in [0.1, 0.15) is 42.6 Å². The number of benzene rings is 3. The van der Waals surface area contributed by atoms with Gasteiger partial charge in [0.1, 0.15) is 18.7 Å². The molecular weight excluding hydrogens is 614 g/mol. The van der Waals surface area contributed by atoms with E-state index < -0.39 is 25.2 Å². The van der Waals surface area contributed by atoms with Gasteiger partial charge in [0.15, 0.2) is 17.2 Å². The quantitative estimate of drug-likeness (QED) is 0.183.